The van der Waals surface area contributed by atoms with Crippen LogP contribution < -0.4 is 15.5 Å². The standard InChI is InChI=1S/C21H27N3O2/c1-15-7-8-16(2)19(13-15)23-21(26)14-22-18-5-3-4-6-20(18)24-11-9-17(25)10-12-24/h3-8,13,17,22,25H,9-12,14H2,1-2H3,(H,23,26). The van der Waals surface area contributed by atoms with E-state index < -0.39 is 0 Å². The Balaban J connectivity index is 1.62. The molecule has 2 aromatic rings. The van der Waals surface area contributed by atoms with Crippen LogP contribution in [0.3, 0.4) is 0 Å². The molecule has 1 fully saturated rings. The van der Waals surface area contributed by atoms with Crippen LogP contribution in [0, 0.1) is 13.8 Å². The molecule has 0 aliphatic carbocycles. The number of aliphatic hydroxyl groups is 1. The third-order valence-corrected chi connectivity index (χ3v) is 4.82. The summed E-state index contributed by atoms with van der Waals surface area (Å²) in [5.74, 6) is -0.0671. The zero-order valence-corrected chi connectivity index (χ0v) is 15.5. The van der Waals surface area contributed by atoms with E-state index in [0.29, 0.717) is 0 Å². The van der Waals surface area contributed by atoms with Crippen molar-refractivity contribution in [3.05, 3.63) is 53.6 Å². The number of rotatable bonds is 5. The van der Waals surface area contributed by atoms with Gasteiger partial charge in [-0.3, -0.25) is 4.79 Å². The monoisotopic (exact) mass is 353 g/mol. The summed E-state index contributed by atoms with van der Waals surface area (Å²) in [5, 5.41) is 15.9. The van der Waals surface area contributed by atoms with E-state index in [1.165, 1.54) is 0 Å². The fraction of sp³-hybridized carbons (Fsp3) is 0.381. The number of aryl methyl sites for hydroxylation is 2. The Morgan fingerprint density at radius 2 is 1.85 bits per heavy atom. The normalized spacial score (nSPS) is 15.0. The molecule has 5 heteroatoms. The Bertz CT molecular complexity index is 768. The SMILES string of the molecule is Cc1ccc(C)c(NC(=O)CNc2ccccc2N2CCC(O)CC2)c1. The predicted molar refractivity (Wildman–Crippen MR) is 107 cm³/mol. The number of anilines is 3. The van der Waals surface area contributed by atoms with Crippen molar-refractivity contribution in [3.63, 3.8) is 0 Å². The highest BCUT2D eigenvalue weighted by atomic mass is 16.3. The molecule has 0 unspecified atom stereocenters. The quantitative estimate of drug-likeness (QED) is 0.772. The number of piperidine rings is 1. The number of nitrogens with one attached hydrogen (secondary N) is 2. The number of amides is 1. The van der Waals surface area contributed by atoms with Gasteiger partial charge < -0.3 is 20.6 Å². The molecule has 3 N–H and O–H groups in total. The molecule has 5 nitrogen and oxygen atoms in total. The summed E-state index contributed by atoms with van der Waals surface area (Å²) >= 11 is 0. The molecule has 0 aromatic heterocycles. The van der Waals surface area contributed by atoms with Gasteiger partial charge in [-0.1, -0.05) is 24.3 Å². The maximum absolute atomic E-state index is 12.4. The summed E-state index contributed by atoms with van der Waals surface area (Å²) in [6.45, 7) is 5.87. The second-order valence-electron chi connectivity index (χ2n) is 6.96. The van der Waals surface area contributed by atoms with E-state index in [9.17, 15) is 9.90 Å². The molecule has 0 bridgehead atoms. The van der Waals surface area contributed by atoms with E-state index in [1.54, 1.807) is 0 Å². The molecule has 2 aromatic carbocycles. The first-order valence-corrected chi connectivity index (χ1v) is 9.16. The van der Waals surface area contributed by atoms with Crippen LogP contribution in [-0.2, 0) is 4.79 Å². The molecule has 1 aliphatic rings. The Morgan fingerprint density at radius 3 is 2.62 bits per heavy atom. The van der Waals surface area contributed by atoms with Crippen molar-refractivity contribution in [3.8, 4) is 0 Å². The molecule has 0 spiro atoms. The molecule has 1 amide bonds. The summed E-state index contributed by atoms with van der Waals surface area (Å²) in [6, 6.07) is 14.1. The van der Waals surface area contributed by atoms with Crippen molar-refractivity contribution in [2.45, 2.75) is 32.8 Å². The molecule has 0 radical (unpaired) electrons. The van der Waals surface area contributed by atoms with Crippen molar-refractivity contribution in [1.82, 2.24) is 0 Å². The molecule has 1 heterocycles. The summed E-state index contributed by atoms with van der Waals surface area (Å²) in [7, 11) is 0. The van der Waals surface area contributed by atoms with Crippen molar-refractivity contribution in [2.24, 2.45) is 0 Å². The molecule has 0 atom stereocenters. The zero-order chi connectivity index (χ0) is 18.5. The first kappa shape index (κ1) is 18.3. The minimum atomic E-state index is -0.199. The lowest BCUT2D eigenvalue weighted by Crippen LogP contribution is -2.36. The molecule has 1 saturated heterocycles. The van der Waals surface area contributed by atoms with E-state index in [2.05, 4.69) is 21.6 Å². The Morgan fingerprint density at radius 1 is 1.12 bits per heavy atom. The largest absolute Gasteiger partial charge is 0.393 e. The maximum atomic E-state index is 12.4. The number of nitrogens with zero attached hydrogens (tertiary/aromatic N) is 1. The van der Waals surface area contributed by atoms with E-state index in [4.69, 9.17) is 0 Å². The molecular formula is C21H27N3O2. The molecule has 26 heavy (non-hydrogen) atoms. The van der Waals surface area contributed by atoms with Crippen molar-refractivity contribution in [1.29, 1.82) is 0 Å². The lowest BCUT2D eigenvalue weighted by Gasteiger charge is -2.32. The molecule has 3 rings (SSSR count). The minimum Gasteiger partial charge on any atom is -0.393 e. The summed E-state index contributed by atoms with van der Waals surface area (Å²) in [5.41, 5.74) is 5.06. The molecule has 0 saturated carbocycles. The number of carbonyl (C=O) groups is 1. The van der Waals surface area contributed by atoms with Gasteiger partial charge in [-0.05, 0) is 56.0 Å². The number of benzene rings is 2. The van der Waals surface area contributed by atoms with Gasteiger partial charge in [-0.25, -0.2) is 0 Å². The average Bonchev–Trinajstić information content (AvgIpc) is 2.64. The van der Waals surface area contributed by atoms with Crippen LogP contribution in [0.15, 0.2) is 42.5 Å². The highest BCUT2D eigenvalue weighted by Crippen LogP contribution is 2.28. The van der Waals surface area contributed by atoms with Crippen LogP contribution >= 0.6 is 0 Å². The van der Waals surface area contributed by atoms with E-state index in [1.807, 2.05) is 50.2 Å². The van der Waals surface area contributed by atoms with Gasteiger partial charge in [0.15, 0.2) is 0 Å². The Hall–Kier alpha value is -2.53. The van der Waals surface area contributed by atoms with Gasteiger partial charge in [0.05, 0.1) is 24.0 Å². The zero-order valence-electron chi connectivity index (χ0n) is 15.5. The second kappa shape index (κ2) is 8.23. The fourth-order valence-corrected chi connectivity index (χ4v) is 3.25. The van der Waals surface area contributed by atoms with Gasteiger partial charge >= 0.3 is 0 Å². The van der Waals surface area contributed by atoms with E-state index in [0.717, 1.165) is 54.1 Å². The third-order valence-electron chi connectivity index (χ3n) is 4.82. The molecular weight excluding hydrogens is 326 g/mol. The molecule has 1 aliphatic heterocycles. The molecule has 138 valence electrons. The minimum absolute atomic E-state index is 0.0671. The smallest absolute Gasteiger partial charge is 0.243 e. The lowest BCUT2D eigenvalue weighted by molar-refractivity contribution is -0.114. The van der Waals surface area contributed by atoms with Crippen molar-refractivity contribution >= 4 is 23.0 Å². The highest BCUT2D eigenvalue weighted by Gasteiger charge is 2.19. The highest BCUT2D eigenvalue weighted by molar-refractivity contribution is 5.95. The lowest BCUT2D eigenvalue weighted by atomic mass is 10.1. The topological polar surface area (TPSA) is 64.6 Å². The first-order valence-electron chi connectivity index (χ1n) is 9.16. The van der Waals surface area contributed by atoms with Gasteiger partial charge in [0.2, 0.25) is 5.91 Å². The van der Waals surface area contributed by atoms with E-state index in [-0.39, 0.29) is 18.6 Å². The van der Waals surface area contributed by atoms with Crippen LogP contribution in [0.5, 0.6) is 0 Å². The van der Waals surface area contributed by atoms with Gasteiger partial charge in [0, 0.05) is 18.8 Å². The van der Waals surface area contributed by atoms with Crippen molar-refractivity contribution < 1.29 is 9.90 Å². The summed E-state index contributed by atoms with van der Waals surface area (Å²) in [6.07, 6.45) is 1.36. The summed E-state index contributed by atoms with van der Waals surface area (Å²) < 4.78 is 0. The maximum Gasteiger partial charge on any atom is 0.243 e. The number of aliphatic hydroxyl groups excluding tert-OH is 1. The van der Waals surface area contributed by atoms with Gasteiger partial charge in [-0.2, -0.15) is 0 Å². The third kappa shape index (κ3) is 4.55. The second-order valence-corrected chi connectivity index (χ2v) is 6.96. The number of hydrogen-bond donors (Lipinski definition) is 3. The van der Waals surface area contributed by atoms with Crippen LogP contribution in [-0.4, -0.2) is 36.8 Å². The van der Waals surface area contributed by atoms with Gasteiger partial charge in [0.1, 0.15) is 0 Å². The van der Waals surface area contributed by atoms with Gasteiger partial charge in [-0.15, -0.1) is 0 Å². The summed E-state index contributed by atoms with van der Waals surface area (Å²) in [4.78, 5) is 14.6. The number of carbonyl (C=O) groups excluding carboxylic acids is 1. The Labute approximate surface area is 155 Å². The predicted octanol–water partition coefficient (Wildman–Crippen LogP) is 3.32. The van der Waals surface area contributed by atoms with E-state index >= 15 is 0 Å². The van der Waals surface area contributed by atoms with Crippen LogP contribution in [0.4, 0.5) is 17.1 Å². The van der Waals surface area contributed by atoms with Crippen LogP contribution in [0.25, 0.3) is 0 Å². The van der Waals surface area contributed by atoms with Crippen LogP contribution in [0.2, 0.25) is 0 Å². The average molecular weight is 353 g/mol. The Kier molecular flexibility index (Phi) is 5.78. The first-order chi connectivity index (χ1) is 12.5. The number of hydrogen-bond acceptors (Lipinski definition) is 4. The van der Waals surface area contributed by atoms with Gasteiger partial charge in [0.25, 0.3) is 0 Å². The van der Waals surface area contributed by atoms with Crippen molar-refractivity contribution in [2.75, 3.05) is 35.2 Å². The van der Waals surface area contributed by atoms with Crippen LogP contribution in [0.1, 0.15) is 24.0 Å². The number of para-hydroxylation sites is 2. The fourth-order valence-electron chi connectivity index (χ4n) is 3.25.